The molecule has 0 aliphatic carbocycles. The van der Waals surface area contributed by atoms with Gasteiger partial charge in [-0.3, -0.25) is 128 Å². The maximum atomic E-state index is 12.4. The quantitative estimate of drug-likeness (QED) is 0.0189. The molecule has 0 spiro atoms. The number of hydrogen-bond donors (Lipinski definition) is 31. The normalized spacial score (nSPS) is 14.6. The van der Waals surface area contributed by atoms with Crippen molar-refractivity contribution in [1.82, 2.24) is 0 Å². The van der Waals surface area contributed by atoms with E-state index in [9.17, 15) is 147 Å². The van der Waals surface area contributed by atoms with Gasteiger partial charge in [0.2, 0.25) is 29.5 Å². The number of ether oxygens (including phenoxy) is 3. The van der Waals surface area contributed by atoms with E-state index in [2.05, 4.69) is 9.47 Å². The molecule has 0 radical (unpaired) electrons. The largest absolute Gasteiger partial charge is 0.481 e. The van der Waals surface area contributed by atoms with Gasteiger partial charge in [0.25, 0.3) is 19.4 Å². The fourth-order valence-corrected chi connectivity index (χ4v) is 20.9. The number of carbonyl (C=O) groups is 19. The first-order valence-electron chi connectivity index (χ1n) is 39.0. The molecule has 806 valence electrons. The summed E-state index contributed by atoms with van der Waals surface area (Å²) in [7, 11) is -37.2. The minimum absolute atomic E-state index is 0.0195. The minimum atomic E-state index is -4.64. The predicted octanol–water partition coefficient (Wildman–Crippen LogP) is 1.35. The van der Waals surface area contributed by atoms with Crippen molar-refractivity contribution >= 4 is 183 Å². The fourth-order valence-electron chi connectivity index (χ4n) is 10.0. The second-order valence-electron chi connectivity index (χ2n) is 28.9. The lowest BCUT2D eigenvalue weighted by Crippen LogP contribution is -2.24. The topological polar surface area (TPSA) is 1130 Å². The highest BCUT2D eigenvalue weighted by molar-refractivity contribution is 7.59. The molecule has 1 rings (SSSR count). The molecule has 0 heterocycles. The lowest BCUT2D eigenvalue weighted by Gasteiger charge is -2.21. The number of hydrogen-bond acceptors (Lipinski definition) is 31. The molecule has 0 aromatic heterocycles. The summed E-state index contributed by atoms with van der Waals surface area (Å²) in [6, 6.07) is 9.31. The first kappa shape index (κ1) is 145. The van der Waals surface area contributed by atoms with Crippen LogP contribution in [0, 0.1) is 41.4 Å². The summed E-state index contributed by atoms with van der Waals surface area (Å²) in [5, 5.41) is 137. The number of rotatable bonds is 65. The summed E-state index contributed by atoms with van der Waals surface area (Å²) in [5.74, 6) is -29.1. The highest BCUT2D eigenvalue weighted by Gasteiger charge is 2.37. The molecule has 1 aromatic carbocycles. The van der Waals surface area contributed by atoms with Crippen molar-refractivity contribution in [3.05, 3.63) is 35.9 Å². The monoisotopic (exact) mass is 2200 g/mol. The van der Waals surface area contributed by atoms with Gasteiger partial charge in [0.15, 0.2) is 0 Å². The number of benzene rings is 1. The van der Waals surface area contributed by atoms with Crippen LogP contribution >= 0.6 is 67.7 Å². The van der Waals surface area contributed by atoms with E-state index in [0.717, 1.165) is 5.56 Å². The molecule has 0 aliphatic heterocycles. The van der Waals surface area contributed by atoms with E-state index in [4.69, 9.17) is 145 Å². The van der Waals surface area contributed by atoms with E-state index in [1.54, 1.807) is 6.92 Å². The third-order valence-corrected chi connectivity index (χ3v) is 27.9. The SMILES string of the molecule is CCCP(=O)(O)CC(CCC(=O)O)C(=O)O.O=C(O)CC(CP(=O)(O)O)C(=O)O.O=C(O)CCC(CP(=O)(O)O)C(=O)O.O=C(O)CCCC(CP(=O)(O)O)C(=O)O.O=C(O)CCP(=O)(O)O.O=COC(CCC(=O)O)CP(=O)(O)CC(CCC(=O)O)C(=O)O.O=COC(CCc1ccccc1)CP(=O)(O)CC(CCC(=O)O)C(=O)O.O=COCCP(=O)(O)CC(CCC(=O)O)C(=O)O.O=P(O)(O)O. The van der Waals surface area contributed by atoms with Crippen molar-refractivity contribution in [3.63, 3.8) is 0 Å². The van der Waals surface area contributed by atoms with Crippen LogP contribution in [0.1, 0.15) is 134 Å². The van der Waals surface area contributed by atoms with Crippen LogP contribution in [0.25, 0.3) is 0 Å². The van der Waals surface area contributed by atoms with Crippen molar-refractivity contribution in [2.24, 2.45) is 41.4 Å². The molecular weight excluding hydrogens is 2090 g/mol. The van der Waals surface area contributed by atoms with Gasteiger partial charge in [0.05, 0.1) is 97.4 Å². The summed E-state index contributed by atoms with van der Waals surface area (Å²) in [4.78, 5) is 326. The molecule has 0 saturated heterocycles. The Morgan fingerprint density at radius 2 is 0.540 bits per heavy atom. The van der Waals surface area contributed by atoms with Gasteiger partial charge in [-0.2, -0.15) is 0 Å². The smallest absolute Gasteiger partial charge is 0.466 e. The maximum Gasteiger partial charge on any atom is 0.466 e. The number of carboxylic acids is 16. The Morgan fingerprint density at radius 3 is 0.784 bits per heavy atom. The third kappa shape index (κ3) is 107. The van der Waals surface area contributed by atoms with Gasteiger partial charge in [-0.25, -0.2) is 4.57 Å². The van der Waals surface area contributed by atoms with Gasteiger partial charge in [0, 0.05) is 75.8 Å². The Morgan fingerprint density at radius 1 is 0.281 bits per heavy atom. The molecule has 0 aliphatic rings. The molecule has 0 bridgehead atoms. The molecule has 13 unspecified atom stereocenters. The standard InChI is InChI=1S/C17H23O8P.C12H19O10P.C9H15O8P.C9H17O6P.C7H13O7P.C6H11O7P.C5H9O7P.C3H7O5P.H3O4P/c18-12-25-15(8-6-13-4-2-1-3-5-13)11-26(23,24)10-14(17(21)22)7-9-16(19)20;13-7-22-9(2-4-11(16)17)6-23(20,21)5-8(12(18)19)1-3-10(14)15;10-6-17-3-4-18(15,16)5-7(9(13)14)1-2-8(11)12;1-2-5-16(14,15)6-7(9(12)13)3-4-8(10)11;8-6(9)3-1-2-5(7(10)11)4-15(12,13)14;7-5(8)2-1-4(6(9)10)3-14(11,12)13;6-4(7)1-3(5(8)9)2-13(10,11)12;4-3(5)1-2-9(6,7)8;1-5(2,3)4/h1-5,12,14-15H,6-11H2,(H,19,20)(H,21,22)(H,23,24);7-9H,1-6H2,(H,14,15)(H,16,17)(H,18,19)(H,20,21);6-7H,1-5H2,(H,11,12)(H,13,14)(H,15,16);7H,2-6H2,1H3,(H,10,11)(H,12,13)(H,14,15);5H,1-4H2,(H,8,9)(H,10,11)(H2,12,13,14);4H,1-3H2,(H,7,8)(H,9,10)(H2,11,12,13);3H,1-2H2,(H,6,7)(H,8,9)(H2,10,11,12);1-2H2,(H,4,5)(H2,6,7,8);(H3,1,2,3,4). The van der Waals surface area contributed by atoms with Crippen LogP contribution in [0.15, 0.2) is 30.3 Å². The highest BCUT2D eigenvalue weighted by Crippen LogP contribution is 2.48. The van der Waals surface area contributed by atoms with Gasteiger partial charge in [-0.05, 0) is 76.2 Å². The molecule has 139 heavy (non-hydrogen) atoms. The van der Waals surface area contributed by atoms with E-state index in [1.807, 2.05) is 30.3 Å². The summed E-state index contributed by atoms with van der Waals surface area (Å²) < 4.78 is 112. The van der Waals surface area contributed by atoms with Crippen molar-refractivity contribution in [3.8, 4) is 0 Å². The number of carboxylic acid groups (broad SMARTS) is 16. The first-order valence-corrected chi connectivity index (χ1v) is 55.9. The van der Waals surface area contributed by atoms with Crippen LogP contribution in [-0.4, -0.2) is 363 Å². The minimum Gasteiger partial charge on any atom is -0.481 e. The number of aryl methyl sites for hydroxylation is 1. The first-order chi connectivity index (χ1) is 62.9. The van der Waals surface area contributed by atoms with Crippen LogP contribution in [0.3, 0.4) is 0 Å². The molecular formula is C68H117O62P9. The molecule has 0 fully saturated rings. The Hall–Kier alpha value is -9.38. The Kier molecular flexibility index (Phi) is 78.7. The maximum absolute atomic E-state index is 12.4. The fraction of sp³-hybridized carbons (Fsp3) is 0.632. The van der Waals surface area contributed by atoms with E-state index in [1.165, 1.54) is 0 Å². The van der Waals surface area contributed by atoms with Gasteiger partial charge in [0.1, 0.15) is 18.8 Å². The van der Waals surface area contributed by atoms with E-state index in [0.29, 0.717) is 19.3 Å². The average Bonchev–Trinajstić information content (AvgIpc) is 0.863. The summed E-state index contributed by atoms with van der Waals surface area (Å²) in [5.41, 5.74) is 0.977. The van der Waals surface area contributed by atoms with E-state index >= 15 is 0 Å². The van der Waals surface area contributed by atoms with Gasteiger partial charge < -0.3 is 169 Å². The van der Waals surface area contributed by atoms with Crippen molar-refractivity contribution in [1.29, 1.82) is 0 Å². The average molecular weight is 2210 g/mol. The predicted molar refractivity (Wildman–Crippen MR) is 464 cm³/mol. The van der Waals surface area contributed by atoms with Gasteiger partial charge in [-0.15, -0.1) is 0 Å². The molecule has 31 N–H and O–H groups in total. The lowest BCUT2D eigenvalue weighted by molar-refractivity contribution is -0.147. The zero-order valence-electron chi connectivity index (χ0n) is 73.2. The molecule has 13 atom stereocenters. The van der Waals surface area contributed by atoms with Crippen molar-refractivity contribution < 1.29 is 301 Å². The number of phosphoric acid groups is 1. The summed E-state index contributed by atoms with van der Waals surface area (Å²) in [6.07, 6.45) is -12.2. The molecule has 62 nitrogen and oxygen atoms in total. The number of carbonyl (C=O) groups excluding carboxylic acids is 3. The second-order valence-corrected chi connectivity index (χ2v) is 46.7. The zero-order chi connectivity index (χ0) is 111. The zero-order valence-corrected chi connectivity index (χ0v) is 81.2. The Bertz CT molecular complexity index is 4480. The Labute approximate surface area is 786 Å². The molecule has 71 heteroatoms. The lowest BCUT2D eigenvalue weighted by atomic mass is 10.0. The highest BCUT2D eigenvalue weighted by atomic mass is 31.2. The van der Waals surface area contributed by atoms with Crippen LogP contribution in [0.5, 0.6) is 0 Å². The van der Waals surface area contributed by atoms with Crippen LogP contribution in [-0.2, 0) is 153 Å². The Balaban J connectivity index is -0.000000237. The third-order valence-electron chi connectivity index (χ3n) is 16.3. The summed E-state index contributed by atoms with van der Waals surface area (Å²) >= 11 is 0. The van der Waals surface area contributed by atoms with Crippen molar-refractivity contribution in [2.45, 2.75) is 148 Å². The van der Waals surface area contributed by atoms with Crippen molar-refractivity contribution in [2.75, 3.05) is 80.5 Å². The molecule has 0 amide bonds. The second kappa shape index (κ2) is 75.5. The number of aliphatic carboxylic acids is 16. The summed E-state index contributed by atoms with van der Waals surface area (Å²) in [6.45, 7) is 1.80. The van der Waals surface area contributed by atoms with E-state index < -0.39 is 298 Å². The van der Waals surface area contributed by atoms with Gasteiger partial charge >= 0.3 is 134 Å². The van der Waals surface area contributed by atoms with Crippen LogP contribution < -0.4 is 0 Å². The van der Waals surface area contributed by atoms with Crippen LogP contribution in [0.2, 0.25) is 0 Å². The van der Waals surface area contributed by atoms with Gasteiger partial charge in [-0.1, -0.05) is 37.3 Å². The molecule has 0 saturated carbocycles. The molecule has 1 aromatic rings. The van der Waals surface area contributed by atoms with Crippen LogP contribution in [0.4, 0.5) is 0 Å². The van der Waals surface area contributed by atoms with E-state index in [-0.39, 0.29) is 128 Å².